The van der Waals surface area contributed by atoms with E-state index in [2.05, 4.69) is 19.8 Å². The third-order valence-electron chi connectivity index (χ3n) is 3.81. The number of unbranched alkanes of at least 4 members (excludes halogenated alkanes) is 2. The summed E-state index contributed by atoms with van der Waals surface area (Å²) in [5.74, 6) is 3.52. The average Bonchev–Trinajstić information content (AvgIpc) is 2.50. The summed E-state index contributed by atoms with van der Waals surface area (Å²) < 4.78 is 12.6. The molecule has 0 aliphatic heterocycles. The van der Waals surface area contributed by atoms with Crippen molar-refractivity contribution in [3.05, 3.63) is 29.3 Å². The fourth-order valence-corrected chi connectivity index (χ4v) is 4.01. The molecule has 0 heterocycles. The zero-order valence-electron chi connectivity index (χ0n) is 13.0. The molecule has 1 unspecified atom stereocenters. The standard InChI is InChI=1S/C18H25ClOS/c1-4-7-13-18(6-3,14-8-5-2)15-21(20)17-11-9-16(19)10-12-17/h3,9-12H,4-5,7-8,13-15H2,1-2H3. The van der Waals surface area contributed by atoms with Gasteiger partial charge in [0.2, 0.25) is 0 Å². The van der Waals surface area contributed by atoms with Gasteiger partial charge in [0.05, 0.1) is 10.8 Å². The van der Waals surface area contributed by atoms with Gasteiger partial charge >= 0.3 is 0 Å². The first-order valence-corrected chi connectivity index (χ1v) is 9.38. The highest BCUT2D eigenvalue weighted by Gasteiger charge is 2.29. The summed E-state index contributed by atoms with van der Waals surface area (Å²) in [6.45, 7) is 4.33. The number of hydrogen-bond acceptors (Lipinski definition) is 1. The molecule has 1 rings (SSSR count). The Balaban J connectivity index is 2.85. The van der Waals surface area contributed by atoms with Gasteiger partial charge in [-0.1, -0.05) is 57.1 Å². The van der Waals surface area contributed by atoms with Crippen LogP contribution in [0.4, 0.5) is 0 Å². The number of halogens is 1. The third kappa shape index (κ3) is 5.85. The Morgan fingerprint density at radius 3 is 2.10 bits per heavy atom. The highest BCUT2D eigenvalue weighted by Crippen LogP contribution is 2.33. The van der Waals surface area contributed by atoms with Crippen molar-refractivity contribution >= 4 is 22.4 Å². The Labute approximate surface area is 136 Å². The first-order chi connectivity index (χ1) is 10.1. The van der Waals surface area contributed by atoms with E-state index in [-0.39, 0.29) is 5.41 Å². The molecule has 0 aromatic heterocycles. The molecule has 0 N–H and O–H groups in total. The second-order valence-corrected chi connectivity index (χ2v) is 7.46. The molecule has 0 spiro atoms. The van der Waals surface area contributed by atoms with Crippen LogP contribution in [0.3, 0.4) is 0 Å². The minimum atomic E-state index is -1.07. The molecule has 0 fully saturated rings. The van der Waals surface area contributed by atoms with Gasteiger partial charge in [0.15, 0.2) is 0 Å². The van der Waals surface area contributed by atoms with Crippen LogP contribution in [0.25, 0.3) is 0 Å². The third-order valence-corrected chi connectivity index (χ3v) is 5.67. The molecule has 0 radical (unpaired) electrons. The predicted molar refractivity (Wildman–Crippen MR) is 93.0 cm³/mol. The van der Waals surface area contributed by atoms with Gasteiger partial charge in [-0.15, -0.1) is 6.42 Å². The van der Waals surface area contributed by atoms with Gasteiger partial charge in [0.25, 0.3) is 0 Å². The van der Waals surface area contributed by atoms with E-state index in [9.17, 15) is 4.21 Å². The number of benzene rings is 1. The number of rotatable bonds is 9. The van der Waals surface area contributed by atoms with E-state index < -0.39 is 10.8 Å². The molecular formula is C18H25ClOS. The first kappa shape index (κ1) is 18.3. The van der Waals surface area contributed by atoms with Crippen molar-refractivity contribution in [2.24, 2.45) is 5.41 Å². The van der Waals surface area contributed by atoms with Crippen LogP contribution in [0.2, 0.25) is 5.02 Å². The SMILES string of the molecule is C#CC(CCCC)(CCCC)CS(=O)c1ccc(Cl)cc1. The van der Waals surface area contributed by atoms with E-state index in [0.29, 0.717) is 10.8 Å². The molecule has 3 heteroatoms. The number of hydrogen-bond donors (Lipinski definition) is 0. The van der Waals surface area contributed by atoms with Crippen molar-refractivity contribution in [1.82, 2.24) is 0 Å². The van der Waals surface area contributed by atoms with Crippen molar-refractivity contribution in [2.75, 3.05) is 5.75 Å². The Bertz CT molecular complexity index is 479. The Morgan fingerprint density at radius 2 is 1.67 bits per heavy atom. The van der Waals surface area contributed by atoms with Crippen LogP contribution in [0.1, 0.15) is 52.4 Å². The zero-order valence-corrected chi connectivity index (χ0v) is 14.6. The fraction of sp³-hybridized carbons (Fsp3) is 0.556. The van der Waals surface area contributed by atoms with Crippen LogP contribution >= 0.6 is 11.6 Å². The van der Waals surface area contributed by atoms with Crippen LogP contribution in [0.5, 0.6) is 0 Å². The predicted octanol–water partition coefficient (Wildman–Crippen LogP) is 5.45. The van der Waals surface area contributed by atoms with Crippen LogP contribution in [-0.4, -0.2) is 9.96 Å². The lowest BCUT2D eigenvalue weighted by Gasteiger charge is -2.28. The maximum Gasteiger partial charge on any atom is 0.0544 e. The van der Waals surface area contributed by atoms with E-state index in [1.54, 1.807) is 12.1 Å². The molecule has 0 aliphatic rings. The smallest absolute Gasteiger partial charge is 0.0544 e. The minimum Gasteiger partial charge on any atom is -0.254 e. The summed E-state index contributed by atoms with van der Waals surface area (Å²) in [6, 6.07) is 7.23. The fourth-order valence-electron chi connectivity index (χ4n) is 2.41. The second kappa shape index (κ2) is 9.28. The summed E-state index contributed by atoms with van der Waals surface area (Å²) in [5, 5.41) is 0.663. The summed E-state index contributed by atoms with van der Waals surface area (Å²) in [5.41, 5.74) is -0.240. The quantitative estimate of drug-likeness (QED) is 0.552. The molecule has 1 aromatic carbocycles. The van der Waals surface area contributed by atoms with Crippen molar-refractivity contribution in [2.45, 2.75) is 57.3 Å². The Hall–Kier alpha value is -0.780. The van der Waals surface area contributed by atoms with Crippen LogP contribution < -0.4 is 0 Å². The summed E-state index contributed by atoms with van der Waals surface area (Å²) in [6.07, 6.45) is 12.2. The molecule has 0 saturated heterocycles. The highest BCUT2D eigenvalue weighted by molar-refractivity contribution is 7.85. The van der Waals surface area contributed by atoms with Gasteiger partial charge in [-0.05, 0) is 37.1 Å². The molecule has 1 aromatic rings. The molecule has 0 saturated carbocycles. The van der Waals surface area contributed by atoms with E-state index in [1.165, 1.54) is 0 Å². The molecule has 0 amide bonds. The summed E-state index contributed by atoms with van der Waals surface area (Å²) >= 11 is 5.88. The average molecular weight is 325 g/mol. The Morgan fingerprint density at radius 1 is 1.14 bits per heavy atom. The van der Waals surface area contributed by atoms with Crippen LogP contribution in [0.15, 0.2) is 29.2 Å². The normalized spacial score (nSPS) is 12.9. The molecule has 1 atom stereocenters. The molecule has 1 nitrogen and oxygen atoms in total. The van der Waals surface area contributed by atoms with E-state index >= 15 is 0 Å². The Kier molecular flexibility index (Phi) is 8.07. The zero-order chi connectivity index (χ0) is 15.7. The largest absolute Gasteiger partial charge is 0.254 e. The van der Waals surface area contributed by atoms with Gasteiger partial charge in [-0.25, -0.2) is 0 Å². The molecule has 0 aliphatic carbocycles. The van der Waals surface area contributed by atoms with Crippen molar-refractivity contribution in [1.29, 1.82) is 0 Å². The summed E-state index contributed by atoms with van der Waals surface area (Å²) in [7, 11) is -1.07. The van der Waals surface area contributed by atoms with E-state index in [4.69, 9.17) is 18.0 Å². The van der Waals surface area contributed by atoms with Crippen LogP contribution in [0, 0.1) is 17.8 Å². The molecular weight excluding hydrogens is 300 g/mol. The van der Waals surface area contributed by atoms with Gasteiger partial charge in [-0.3, -0.25) is 4.21 Å². The number of terminal acetylenes is 1. The van der Waals surface area contributed by atoms with Crippen molar-refractivity contribution < 1.29 is 4.21 Å². The monoisotopic (exact) mass is 324 g/mol. The van der Waals surface area contributed by atoms with Gasteiger partial charge < -0.3 is 0 Å². The molecule has 116 valence electrons. The lowest BCUT2D eigenvalue weighted by atomic mass is 9.81. The highest BCUT2D eigenvalue weighted by atomic mass is 35.5. The molecule has 0 bridgehead atoms. The topological polar surface area (TPSA) is 17.1 Å². The van der Waals surface area contributed by atoms with Crippen LogP contribution in [-0.2, 0) is 10.8 Å². The van der Waals surface area contributed by atoms with E-state index in [1.807, 2.05) is 12.1 Å². The van der Waals surface area contributed by atoms with Gasteiger partial charge in [0, 0.05) is 21.1 Å². The first-order valence-electron chi connectivity index (χ1n) is 7.68. The van der Waals surface area contributed by atoms with Gasteiger partial charge in [-0.2, -0.15) is 0 Å². The van der Waals surface area contributed by atoms with E-state index in [0.717, 1.165) is 43.4 Å². The summed E-state index contributed by atoms with van der Waals surface area (Å²) in [4.78, 5) is 0.812. The maximum atomic E-state index is 12.6. The molecule has 21 heavy (non-hydrogen) atoms. The minimum absolute atomic E-state index is 0.240. The second-order valence-electron chi connectivity index (χ2n) is 5.58. The lowest BCUT2D eigenvalue weighted by molar-refractivity contribution is 0.358. The lowest BCUT2D eigenvalue weighted by Crippen LogP contribution is -2.26. The maximum absolute atomic E-state index is 12.6. The van der Waals surface area contributed by atoms with Crippen molar-refractivity contribution in [3.8, 4) is 12.3 Å². The van der Waals surface area contributed by atoms with Gasteiger partial charge in [0.1, 0.15) is 0 Å². The van der Waals surface area contributed by atoms with Crippen molar-refractivity contribution in [3.63, 3.8) is 0 Å².